The second kappa shape index (κ2) is 5.77. The summed E-state index contributed by atoms with van der Waals surface area (Å²) < 4.78 is 1.15. The first-order chi connectivity index (χ1) is 10.0. The van der Waals surface area contributed by atoms with Crippen molar-refractivity contribution in [2.45, 2.75) is 32.2 Å². The number of fused-ring (bicyclic) bond motifs is 1. The van der Waals surface area contributed by atoms with Gasteiger partial charge < -0.3 is 5.32 Å². The first-order valence-corrected chi connectivity index (χ1v) is 8.45. The third kappa shape index (κ3) is 2.96. The molecule has 3 rings (SSSR count). The summed E-state index contributed by atoms with van der Waals surface area (Å²) in [6.45, 7) is 1.97. The molecule has 0 spiro atoms. The van der Waals surface area contributed by atoms with Gasteiger partial charge in [-0.05, 0) is 59.3 Å². The number of nitrogens with one attached hydrogen (secondary N) is 1. The first-order valence-electron chi connectivity index (χ1n) is 6.84. The van der Waals surface area contributed by atoms with Gasteiger partial charge in [-0.2, -0.15) is 0 Å². The van der Waals surface area contributed by atoms with Gasteiger partial charge in [0.15, 0.2) is 0 Å². The molecule has 0 radical (unpaired) electrons. The van der Waals surface area contributed by atoms with Gasteiger partial charge in [-0.1, -0.05) is 6.07 Å². The minimum absolute atomic E-state index is 0.130. The molecule has 1 N–H and O–H groups in total. The molecule has 0 bridgehead atoms. The number of anilines is 1. The van der Waals surface area contributed by atoms with Gasteiger partial charge >= 0.3 is 0 Å². The number of benzene rings is 1. The van der Waals surface area contributed by atoms with Crippen LogP contribution in [0.4, 0.5) is 11.4 Å². The Labute approximate surface area is 135 Å². The second-order valence-electron chi connectivity index (χ2n) is 5.27. The molecule has 1 heterocycles. The van der Waals surface area contributed by atoms with E-state index in [0.717, 1.165) is 34.3 Å². The minimum atomic E-state index is -0.349. The van der Waals surface area contributed by atoms with Gasteiger partial charge in [0.25, 0.3) is 5.69 Å². The van der Waals surface area contributed by atoms with E-state index in [0.29, 0.717) is 0 Å². The van der Waals surface area contributed by atoms with Crippen LogP contribution < -0.4 is 5.32 Å². The molecule has 1 aromatic carbocycles. The van der Waals surface area contributed by atoms with E-state index in [9.17, 15) is 10.1 Å². The van der Waals surface area contributed by atoms with Gasteiger partial charge in [0.2, 0.25) is 0 Å². The number of nitrogens with zero attached hydrogens (tertiary/aromatic N) is 1. The van der Waals surface area contributed by atoms with Crippen LogP contribution in [0, 0.1) is 17.0 Å². The normalized spacial score (nSPS) is 17.3. The van der Waals surface area contributed by atoms with Gasteiger partial charge in [0, 0.05) is 22.7 Å². The van der Waals surface area contributed by atoms with E-state index in [1.54, 1.807) is 29.5 Å². The van der Waals surface area contributed by atoms with E-state index >= 15 is 0 Å². The fraction of sp³-hybridized carbons (Fsp3) is 0.333. The number of nitro groups is 1. The van der Waals surface area contributed by atoms with Crippen molar-refractivity contribution in [3.63, 3.8) is 0 Å². The number of halogens is 1. The lowest BCUT2D eigenvalue weighted by atomic mass is 9.93. The molecule has 0 fully saturated rings. The molecule has 0 saturated carbocycles. The van der Waals surface area contributed by atoms with E-state index in [1.165, 1.54) is 10.4 Å². The van der Waals surface area contributed by atoms with Crippen LogP contribution in [0.1, 0.15) is 34.9 Å². The molecule has 0 saturated heterocycles. The Morgan fingerprint density at radius 2 is 2.24 bits per heavy atom. The lowest BCUT2D eigenvalue weighted by Gasteiger charge is -2.25. The van der Waals surface area contributed by atoms with Crippen molar-refractivity contribution in [3.8, 4) is 0 Å². The summed E-state index contributed by atoms with van der Waals surface area (Å²) in [6.07, 6.45) is 3.32. The summed E-state index contributed by atoms with van der Waals surface area (Å²) in [7, 11) is 0. The smallest absolute Gasteiger partial charge is 0.271 e. The van der Waals surface area contributed by atoms with Gasteiger partial charge in [-0.25, -0.2) is 0 Å². The fourth-order valence-electron chi connectivity index (χ4n) is 2.74. The second-order valence-corrected chi connectivity index (χ2v) is 7.79. The standard InChI is InChI=1S/C15H15BrN2O2S/c1-9-5-6-10(18(19)20)7-13(9)17-12-3-2-4-14-11(12)8-15(16)21-14/h5-8,12,17H,2-4H2,1H3. The molecule has 1 atom stereocenters. The van der Waals surface area contributed by atoms with E-state index in [4.69, 9.17) is 0 Å². The lowest BCUT2D eigenvalue weighted by molar-refractivity contribution is -0.384. The van der Waals surface area contributed by atoms with Gasteiger partial charge in [0.1, 0.15) is 0 Å². The number of thiophene rings is 1. The van der Waals surface area contributed by atoms with Crippen molar-refractivity contribution in [2.75, 3.05) is 5.32 Å². The fourth-order valence-corrected chi connectivity index (χ4v) is 4.56. The maximum absolute atomic E-state index is 10.9. The predicted molar refractivity (Wildman–Crippen MR) is 89.2 cm³/mol. The monoisotopic (exact) mass is 366 g/mol. The van der Waals surface area contributed by atoms with Crippen molar-refractivity contribution in [1.82, 2.24) is 0 Å². The average molecular weight is 367 g/mol. The lowest BCUT2D eigenvalue weighted by Crippen LogP contribution is -2.16. The van der Waals surface area contributed by atoms with E-state index in [1.807, 2.05) is 6.92 Å². The van der Waals surface area contributed by atoms with E-state index < -0.39 is 0 Å². The third-order valence-corrected chi connectivity index (χ3v) is 5.56. The van der Waals surface area contributed by atoms with Crippen LogP contribution in [0.2, 0.25) is 0 Å². The Morgan fingerprint density at radius 1 is 1.43 bits per heavy atom. The molecule has 0 amide bonds. The summed E-state index contributed by atoms with van der Waals surface area (Å²) in [6, 6.07) is 7.38. The van der Waals surface area contributed by atoms with Crippen LogP contribution >= 0.6 is 27.3 Å². The molecule has 2 aromatic rings. The molecule has 1 aliphatic rings. The zero-order chi connectivity index (χ0) is 15.0. The molecular weight excluding hydrogens is 352 g/mol. The quantitative estimate of drug-likeness (QED) is 0.598. The number of rotatable bonds is 3. The van der Waals surface area contributed by atoms with Gasteiger partial charge in [-0.3, -0.25) is 10.1 Å². The number of hydrogen-bond donors (Lipinski definition) is 1. The molecule has 21 heavy (non-hydrogen) atoms. The summed E-state index contributed by atoms with van der Waals surface area (Å²) in [5.74, 6) is 0. The van der Waals surface area contributed by atoms with E-state index in [-0.39, 0.29) is 16.7 Å². The largest absolute Gasteiger partial charge is 0.378 e. The maximum atomic E-state index is 10.9. The average Bonchev–Trinajstić information content (AvgIpc) is 2.82. The van der Waals surface area contributed by atoms with Crippen molar-refractivity contribution in [1.29, 1.82) is 0 Å². The summed E-state index contributed by atoms with van der Waals surface area (Å²) in [5, 5.41) is 14.4. The number of non-ortho nitro benzene ring substituents is 1. The molecular formula is C15H15BrN2O2S. The van der Waals surface area contributed by atoms with Crippen molar-refractivity contribution >= 4 is 38.6 Å². The Hall–Kier alpha value is -1.40. The summed E-state index contributed by atoms with van der Waals surface area (Å²) in [4.78, 5) is 12.0. The predicted octanol–water partition coefficient (Wildman–Crippen LogP) is 5.22. The van der Waals surface area contributed by atoms with Crippen molar-refractivity contribution < 1.29 is 4.92 Å². The summed E-state index contributed by atoms with van der Waals surface area (Å²) >= 11 is 5.34. The molecule has 4 nitrogen and oxygen atoms in total. The molecule has 110 valence electrons. The maximum Gasteiger partial charge on any atom is 0.271 e. The zero-order valence-corrected chi connectivity index (χ0v) is 14.0. The van der Waals surface area contributed by atoms with Gasteiger partial charge in [0.05, 0.1) is 14.8 Å². The molecule has 0 aliphatic heterocycles. The molecule has 1 unspecified atom stereocenters. The van der Waals surface area contributed by atoms with Crippen molar-refractivity contribution in [3.05, 3.63) is 54.2 Å². The van der Waals surface area contributed by atoms with Crippen LogP contribution in [-0.4, -0.2) is 4.92 Å². The van der Waals surface area contributed by atoms with Crippen LogP contribution in [0.25, 0.3) is 0 Å². The summed E-state index contributed by atoms with van der Waals surface area (Å²) in [5.41, 5.74) is 3.33. The number of nitro benzene ring substituents is 1. The highest BCUT2D eigenvalue weighted by Gasteiger charge is 2.23. The molecule has 1 aliphatic carbocycles. The Bertz CT molecular complexity index is 699. The SMILES string of the molecule is Cc1ccc([N+](=O)[O-])cc1NC1CCCc2sc(Br)cc21. The van der Waals surface area contributed by atoms with Crippen LogP contribution in [0.3, 0.4) is 0 Å². The zero-order valence-electron chi connectivity index (χ0n) is 11.6. The van der Waals surface area contributed by atoms with Crippen LogP contribution in [0.5, 0.6) is 0 Å². The highest BCUT2D eigenvalue weighted by atomic mass is 79.9. The Morgan fingerprint density at radius 3 is 3.00 bits per heavy atom. The van der Waals surface area contributed by atoms with Crippen LogP contribution in [-0.2, 0) is 6.42 Å². The minimum Gasteiger partial charge on any atom is -0.378 e. The highest BCUT2D eigenvalue weighted by Crippen LogP contribution is 2.40. The molecule has 1 aromatic heterocycles. The number of hydrogen-bond acceptors (Lipinski definition) is 4. The molecule has 6 heteroatoms. The topological polar surface area (TPSA) is 55.2 Å². The van der Waals surface area contributed by atoms with Crippen molar-refractivity contribution in [2.24, 2.45) is 0 Å². The Balaban J connectivity index is 1.91. The Kier molecular flexibility index (Phi) is 3.99. The van der Waals surface area contributed by atoms with Crippen LogP contribution in [0.15, 0.2) is 28.1 Å². The first kappa shape index (κ1) is 14.5. The highest BCUT2D eigenvalue weighted by molar-refractivity contribution is 9.11. The third-order valence-electron chi connectivity index (χ3n) is 3.85. The van der Waals surface area contributed by atoms with E-state index in [2.05, 4.69) is 27.3 Å². The number of aryl methyl sites for hydroxylation is 2. The van der Waals surface area contributed by atoms with Gasteiger partial charge in [-0.15, -0.1) is 11.3 Å².